The number of hydrogen-bond acceptors (Lipinski definition) is 2. The van der Waals surface area contributed by atoms with E-state index in [-0.39, 0.29) is 5.91 Å². The molecule has 0 aromatic carbocycles. The van der Waals surface area contributed by atoms with Crippen molar-refractivity contribution in [2.24, 2.45) is 0 Å². The minimum atomic E-state index is 0.203. The van der Waals surface area contributed by atoms with Crippen LogP contribution in [0.2, 0.25) is 0 Å². The van der Waals surface area contributed by atoms with E-state index in [0.29, 0.717) is 6.42 Å². The van der Waals surface area contributed by atoms with Gasteiger partial charge >= 0.3 is 0 Å². The standard InChI is InChI=1S/C11H14N2O/c1-9-5-4-6-10(12-9)13-8-3-2-7-11(13)14/h4-6H,2-3,7-8H2,1H3. The molecule has 1 amide bonds. The summed E-state index contributed by atoms with van der Waals surface area (Å²) in [6.07, 6.45) is 2.76. The lowest BCUT2D eigenvalue weighted by Crippen LogP contribution is -2.35. The number of rotatable bonds is 1. The molecule has 0 bridgehead atoms. The smallest absolute Gasteiger partial charge is 0.228 e. The first-order valence-corrected chi connectivity index (χ1v) is 5.01. The third kappa shape index (κ3) is 1.76. The Morgan fingerprint density at radius 2 is 2.21 bits per heavy atom. The number of pyridine rings is 1. The van der Waals surface area contributed by atoms with E-state index in [1.54, 1.807) is 4.90 Å². The molecule has 0 aliphatic carbocycles. The Hall–Kier alpha value is -1.38. The molecular formula is C11H14N2O. The van der Waals surface area contributed by atoms with Crippen molar-refractivity contribution in [3.8, 4) is 0 Å². The molecule has 0 atom stereocenters. The summed E-state index contributed by atoms with van der Waals surface area (Å²) < 4.78 is 0. The lowest BCUT2D eigenvalue weighted by Gasteiger charge is -2.25. The Morgan fingerprint density at radius 3 is 2.93 bits per heavy atom. The second-order valence-electron chi connectivity index (χ2n) is 3.64. The molecule has 3 heteroatoms. The Bertz CT molecular complexity index is 349. The largest absolute Gasteiger partial charge is 0.297 e. The van der Waals surface area contributed by atoms with Gasteiger partial charge in [0, 0.05) is 18.7 Å². The van der Waals surface area contributed by atoms with Gasteiger partial charge in [-0.05, 0) is 31.9 Å². The first kappa shape index (κ1) is 9.19. The molecule has 2 rings (SSSR count). The highest BCUT2D eigenvalue weighted by Crippen LogP contribution is 2.18. The second-order valence-corrected chi connectivity index (χ2v) is 3.64. The highest BCUT2D eigenvalue weighted by molar-refractivity contribution is 5.92. The van der Waals surface area contributed by atoms with Crippen molar-refractivity contribution in [1.82, 2.24) is 4.98 Å². The number of piperidine rings is 1. The SMILES string of the molecule is Cc1cccc(N2CCCCC2=O)n1. The van der Waals surface area contributed by atoms with Gasteiger partial charge in [-0.25, -0.2) is 4.98 Å². The van der Waals surface area contributed by atoms with Gasteiger partial charge in [-0.1, -0.05) is 6.07 Å². The van der Waals surface area contributed by atoms with E-state index in [1.165, 1.54) is 0 Å². The van der Waals surface area contributed by atoms with E-state index in [2.05, 4.69) is 4.98 Å². The molecule has 0 spiro atoms. The zero-order valence-electron chi connectivity index (χ0n) is 8.36. The van der Waals surface area contributed by atoms with Gasteiger partial charge in [0.25, 0.3) is 0 Å². The van der Waals surface area contributed by atoms with Crippen molar-refractivity contribution in [2.45, 2.75) is 26.2 Å². The van der Waals surface area contributed by atoms with Gasteiger partial charge < -0.3 is 0 Å². The number of hydrogen-bond donors (Lipinski definition) is 0. The molecule has 1 aromatic rings. The first-order valence-electron chi connectivity index (χ1n) is 5.01. The zero-order chi connectivity index (χ0) is 9.97. The maximum absolute atomic E-state index is 11.6. The molecule has 1 saturated heterocycles. The van der Waals surface area contributed by atoms with Gasteiger partial charge in [0.05, 0.1) is 0 Å². The maximum Gasteiger partial charge on any atom is 0.228 e. The van der Waals surface area contributed by atoms with Crippen LogP contribution in [0, 0.1) is 6.92 Å². The van der Waals surface area contributed by atoms with Crippen LogP contribution >= 0.6 is 0 Å². The summed E-state index contributed by atoms with van der Waals surface area (Å²) >= 11 is 0. The number of aromatic nitrogens is 1. The third-order valence-corrected chi connectivity index (χ3v) is 2.47. The fourth-order valence-corrected chi connectivity index (χ4v) is 1.73. The van der Waals surface area contributed by atoms with Crippen LogP contribution in [0.4, 0.5) is 5.82 Å². The van der Waals surface area contributed by atoms with Crippen molar-refractivity contribution in [2.75, 3.05) is 11.4 Å². The molecule has 1 fully saturated rings. The van der Waals surface area contributed by atoms with Crippen molar-refractivity contribution in [3.63, 3.8) is 0 Å². The van der Waals surface area contributed by atoms with Gasteiger partial charge in [-0.3, -0.25) is 9.69 Å². The van der Waals surface area contributed by atoms with Crippen molar-refractivity contribution < 1.29 is 4.79 Å². The average Bonchev–Trinajstić information content (AvgIpc) is 2.18. The summed E-state index contributed by atoms with van der Waals surface area (Å²) in [5.74, 6) is 1.00. The minimum absolute atomic E-state index is 0.203. The van der Waals surface area contributed by atoms with Gasteiger partial charge in [-0.2, -0.15) is 0 Å². The van der Waals surface area contributed by atoms with Gasteiger partial charge in [0.1, 0.15) is 5.82 Å². The highest BCUT2D eigenvalue weighted by Gasteiger charge is 2.20. The van der Waals surface area contributed by atoms with Crippen LogP contribution in [0.1, 0.15) is 25.0 Å². The Labute approximate surface area is 83.8 Å². The highest BCUT2D eigenvalue weighted by atomic mass is 16.2. The Balaban J connectivity index is 2.24. The summed E-state index contributed by atoms with van der Waals surface area (Å²) in [6.45, 7) is 2.76. The van der Waals surface area contributed by atoms with Crippen LogP contribution in [0.25, 0.3) is 0 Å². The van der Waals surface area contributed by atoms with E-state index in [0.717, 1.165) is 30.9 Å². The van der Waals surface area contributed by atoms with Crippen LogP contribution in [-0.2, 0) is 4.79 Å². The number of aryl methyl sites for hydroxylation is 1. The summed E-state index contributed by atoms with van der Waals surface area (Å²) in [7, 11) is 0. The lowest BCUT2D eigenvalue weighted by atomic mass is 10.1. The predicted molar refractivity (Wildman–Crippen MR) is 55.2 cm³/mol. The molecule has 1 aromatic heterocycles. The molecule has 0 N–H and O–H groups in total. The predicted octanol–water partition coefficient (Wildman–Crippen LogP) is 1.91. The average molecular weight is 190 g/mol. The molecule has 74 valence electrons. The molecule has 0 radical (unpaired) electrons. The fourth-order valence-electron chi connectivity index (χ4n) is 1.73. The van der Waals surface area contributed by atoms with E-state index >= 15 is 0 Å². The van der Waals surface area contributed by atoms with E-state index in [9.17, 15) is 4.79 Å². The maximum atomic E-state index is 11.6. The topological polar surface area (TPSA) is 33.2 Å². The summed E-state index contributed by atoms with van der Waals surface area (Å²) in [5.41, 5.74) is 0.959. The molecular weight excluding hydrogens is 176 g/mol. The zero-order valence-corrected chi connectivity index (χ0v) is 8.36. The van der Waals surface area contributed by atoms with E-state index < -0.39 is 0 Å². The van der Waals surface area contributed by atoms with Crippen molar-refractivity contribution in [1.29, 1.82) is 0 Å². The quantitative estimate of drug-likeness (QED) is 0.677. The van der Waals surface area contributed by atoms with Crippen LogP contribution < -0.4 is 4.90 Å². The normalized spacial score (nSPS) is 17.2. The molecule has 0 saturated carbocycles. The van der Waals surface area contributed by atoms with Crippen molar-refractivity contribution in [3.05, 3.63) is 23.9 Å². The summed E-state index contributed by atoms with van der Waals surface area (Å²) in [5, 5.41) is 0. The van der Waals surface area contributed by atoms with Crippen LogP contribution in [0.5, 0.6) is 0 Å². The molecule has 0 unspecified atom stereocenters. The lowest BCUT2D eigenvalue weighted by molar-refractivity contribution is -0.119. The van der Waals surface area contributed by atoms with Crippen LogP contribution in [0.15, 0.2) is 18.2 Å². The minimum Gasteiger partial charge on any atom is -0.297 e. The number of carbonyl (C=O) groups is 1. The molecule has 14 heavy (non-hydrogen) atoms. The van der Waals surface area contributed by atoms with Gasteiger partial charge in [0.15, 0.2) is 0 Å². The number of nitrogens with zero attached hydrogens (tertiary/aromatic N) is 2. The van der Waals surface area contributed by atoms with Crippen LogP contribution in [0.3, 0.4) is 0 Å². The molecule has 1 aliphatic heterocycles. The van der Waals surface area contributed by atoms with Gasteiger partial charge in [-0.15, -0.1) is 0 Å². The molecule has 2 heterocycles. The van der Waals surface area contributed by atoms with Crippen molar-refractivity contribution >= 4 is 11.7 Å². The number of amides is 1. The third-order valence-electron chi connectivity index (χ3n) is 2.47. The Kier molecular flexibility index (Phi) is 2.48. The Morgan fingerprint density at radius 1 is 1.36 bits per heavy atom. The number of anilines is 1. The van der Waals surface area contributed by atoms with Crippen LogP contribution in [-0.4, -0.2) is 17.4 Å². The number of carbonyl (C=O) groups excluding carboxylic acids is 1. The van der Waals surface area contributed by atoms with Gasteiger partial charge in [0.2, 0.25) is 5.91 Å². The second kappa shape index (κ2) is 3.78. The van der Waals surface area contributed by atoms with E-state index in [4.69, 9.17) is 0 Å². The monoisotopic (exact) mass is 190 g/mol. The van der Waals surface area contributed by atoms with E-state index in [1.807, 2.05) is 25.1 Å². The first-order chi connectivity index (χ1) is 6.77. The molecule has 3 nitrogen and oxygen atoms in total. The summed E-state index contributed by atoms with van der Waals surface area (Å²) in [6, 6.07) is 5.79. The summed E-state index contributed by atoms with van der Waals surface area (Å²) in [4.78, 5) is 17.7. The molecule has 1 aliphatic rings. The fraction of sp³-hybridized carbons (Fsp3) is 0.455.